The fraction of sp³-hybridized carbons (Fsp3) is 0.806. The van der Waals surface area contributed by atoms with Gasteiger partial charge in [-0.25, -0.2) is 4.57 Å². The Bertz CT molecular complexity index is 1420. The van der Waals surface area contributed by atoms with Crippen molar-refractivity contribution in [3.05, 3.63) is 60.8 Å². The molecule has 0 aromatic rings. The molecule has 0 saturated carbocycles. The Morgan fingerprint density at radius 2 is 0.847 bits per heavy atom. The summed E-state index contributed by atoms with van der Waals surface area (Å²) in [5.41, 5.74) is 0. The van der Waals surface area contributed by atoms with Gasteiger partial charge in [-0.1, -0.05) is 242 Å². The molecule has 3 unspecified atom stereocenters. The van der Waals surface area contributed by atoms with Gasteiger partial charge in [-0.15, -0.1) is 0 Å². The molecule has 0 aliphatic rings. The summed E-state index contributed by atoms with van der Waals surface area (Å²) in [6.45, 7) is 6.97. The predicted molar refractivity (Wildman–Crippen MR) is 309 cm³/mol. The summed E-state index contributed by atoms with van der Waals surface area (Å²) in [5, 5.41) is 3.04. The van der Waals surface area contributed by atoms with Crippen LogP contribution in [0.25, 0.3) is 0 Å². The number of unbranched alkanes of at least 4 members (excludes halogenated alkanes) is 30. The number of nitrogens with one attached hydrogen (secondary N) is 1. The summed E-state index contributed by atoms with van der Waals surface area (Å²) < 4.78 is 30.6. The maximum absolute atomic E-state index is 13.5. The molecular formula is C62H116N2O7P+. The quantitative estimate of drug-likeness (QED) is 0.0205. The van der Waals surface area contributed by atoms with Crippen molar-refractivity contribution in [1.29, 1.82) is 0 Å². The predicted octanol–water partition coefficient (Wildman–Crippen LogP) is 18.3. The molecule has 0 fully saturated rings. The molecule has 0 saturated heterocycles. The average molecular weight is 1030 g/mol. The number of ether oxygens (including phenoxy) is 1. The van der Waals surface area contributed by atoms with E-state index in [4.69, 9.17) is 13.8 Å². The number of hydrogen-bond donors (Lipinski definition) is 2. The zero-order valence-electron chi connectivity index (χ0n) is 47.9. The first-order chi connectivity index (χ1) is 34.9. The van der Waals surface area contributed by atoms with Gasteiger partial charge in [0.2, 0.25) is 5.91 Å². The lowest BCUT2D eigenvalue weighted by Gasteiger charge is -2.27. The van der Waals surface area contributed by atoms with Crippen molar-refractivity contribution in [2.24, 2.45) is 0 Å². The third-order valence-electron chi connectivity index (χ3n) is 13.2. The number of likely N-dealkylation sites (N-methyl/N-ethyl adjacent to an activating group) is 1. The summed E-state index contributed by atoms with van der Waals surface area (Å²) in [6.07, 6.45) is 65.0. The van der Waals surface area contributed by atoms with E-state index in [1.807, 2.05) is 33.3 Å². The molecule has 3 atom stereocenters. The van der Waals surface area contributed by atoms with Gasteiger partial charge in [-0.3, -0.25) is 18.6 Å². The normalized spacial score (nSPS) is 14.2. The number of amides is 1. The van der Waals surface area contributed by atoms with Crippen LogP contribution in [0, 0.1) is 0 Å². The molecule has 0 aliphatic heterocycles. The molecule has 1 amide bonds. The van der Waals surface area contributed by atoms with E-state index in [0.717, 1.165) is 77.0 Å². The van der Waals surface area contributed by atoms with E-state index in [2.05, 4.69) is 74.7 Å². The number of esters is 1. The van der Waals surface area contributed by atoms with Crippen LogP contribution in [0.1, 0.15) is 271 Å². The van der Waals surface area contributed by atoms with Gasteiger partial charge in [0, 0.05) is 12.8 Å². The molecule has 72 heavy (non-hydrogen) atoms. The van der Waals surface area contributed by atoms with Crippen molar-refractivity contribution < 1.29 is 37.3 Å². The minimum absolute atomic E-state index is 0.0348. The van der Waals surface area contributed by atoms with Crippen LogP contribution in [0.5, 0.6) is 0 Å². The zero-order chi connectivity index (χ0) is 52.9. The number of quaternary nitrogens is 1. The minimum atomic E-state index is -4.45. The summed E-state index contributed by atoms with van der Waals surface area (Å²) >= 11 is 0. The van der Waals surface area contributed by atoms with Gasteiger partial charge in [-0.05, 0) is 76.7 Å². The summed E-state index contributed by atoms with van der Waals surface area (Å²) in [7, 11) is 1.48. The highest BCUT2D eigenvalue weighted by Gasteiger charge is 2.30. The van der Waals surface area contributed by atoms with Crippen LogP contribution in [-0.2, 0) is 27.9 Å². The van der Waals surface area contributed by atoms with Crippen molar-refractivity contribution in [3.8, 4) is 0 Å². The van der Waals surface area contributed by atoms with Gasteiger partial charge in [0.1, 0.15) is 19.3 Å². The average Bonchev–Trinajstić information content (AvgIpc) is 3.34. The fourth-order valence-electron chi connectivity index (χ4n) is 8.51. The van der Waals surface area contributed by atoms with E-state index < -0.39 is 20.0 Å². The van der Waals surface area contributed by atoms with Gasteiger partial charge in [0.05, 0.1) is 33.8 Å². The molecule has 420 valence electrons. The SMILES string of the molecule is CCCCC/C=C\C/C=C\C/C=C\C/C=C\CCCCCC(=O)OC(/C=C/CCCCCCCCCCC)C(COP(=O)(O)OCC[N+](C)(C)C)NC(=O)CCCCCCCCCCCCCCCCCC. The van der Waals surface area contributed by atoms with Crippen LogP contribution in [0.15, 0.2) is 60.8 Å². The van der Waals surface area contributed by atoms with Gasteiger partial charge < -0.3 is 19.4 Å². The number of allylic oxidation sites excluding steroid dienone is 9. The molecule has 0 aromatic carbocycles. The lowest BCUT2D eigenvalue weighted by molar-refractivity contribution is -0.870. The monoisotopic (exact) mass is 1030 g/mol. The standard InChI is InChI=1S/C62H115N2O7P/c1-7-10-13-16-19-22-25-27-29-31-32-33-35-37-40-43-46-49-52-55-62(66)71-60(53-50-47-44-41-38-24-21-18-15-12-9-3)59(58-70-72(67,68)69-57-56-64(4,5)6)63-61(65)54-51-48-45-42-39-36-34-30-28-26-23-20-17-14-11-8-2/h19,22,27,29,32-33,37,40,50,53,59-60H,7-18,20-21,23-26,28,30-31,34-36,38-39,41-49,51-52,54-58H2,1-6H3,(H-,63,65,67,68)/p+1/b22-19-,29-27-,33-32-,40-37-,53-50+. The lowest BCUT2D eigenvalue weighted by atomic mass is 10.0. The van der Waals surface area contributed by atoms with E-state index >= 15 is 0 Å². The minimum Gasteiger partial charge on any atom is -0.456 e. The van der Waals surface area contributed by atoms with Crippen LogP contribution in [-0.4, -0.2) is 74.3 Å². The molecule has 2 N–H and O–H groups in total. The highest BCUT2D eigenvalue weighted by atomic mass is 31.2. The number of nitrogens with zero attached hydrogens (tertiary/aromatic N) is 1. The van der Waals surface area contributed by atoms with E-state index in [0.29, 0.717) is 23.9 Å². The molecule has 0 heterocycles. The first kappa shape index (κ1) is 69.7. The second-order valence-corrected chi connectivity index (χ2v) is 23.0. The van der Waals surface area contributed by atoms with Crippen LogP contribution < -0.4 is 5.32 Å². The highest BCUT2D eigenvalue weighted by molar-refractivity contribution is 7.47. The Kier molecular flexibility index (Phi) is 50.5. The lowest BCUT2D eigenvalue weighted by Crippen LogP contribution is -2.47. The Labute approximate surface area is 445 Å². The van der Waals surface area contributed by atoms with Crippen molar-refractivity contribution in [2.45, 2.75) is 283 Å². The molecule has 0 rings (SSSR count). The summed E-state index contributed by atoms with van der Waals surface area (Å²) in [5.74, 6) is -0.535. The molecule has 9 nitrogen and oxygen atoms in total. The number of hydrogen-bond acceptors (Lipinski definition) is 6. The second kappa shape index (κ2) is 52.2. The number of rotatable bonds is 54. The topological polar surface area (TPSA) is 111 Å². The molecule has 0 aromatic heterocycles. The van der Waals surface area contributed by atoms with E-state index in [1.54, 1.807) is 0 Å². The fourth-order valence-corrected chi connectivity index (χ4v) is 9.25. The summed E-state index contributed by atoms with van der Waals surface area (Å²) in [6, 6.07) is -0.859. The zero-order valence-corrected chi connectivity index (χ0v) is 48.8. The molecule has 10 heteroatoms. The van der Waals surface area contributed by atoms with E-state index in [9.17, 15) is 19.0 Å². The van der Waals surface area contributed by atoms with E-state index in [-0.39, 0.29) is 31.5 Å². The molecule has 0 radical (unpaired) electrons. The van der Waals surface area contributed by atoms with Crippen molar-refractivity contribution in [2.75, 3.05) is 40.9 Å². The largest absolute Gasteiger partial charge is 0.472 e. The van der Waals surface area contributed by atoms with Gasteiger partial charge in [0.15, 0.2) is 0 Å². The molecular weight excluding hydrogens is 916 g/mol. The Hall–Kier alpha value is -2.29. The molecule has 0 bridgehead atoms. The first-order valence-corrected chi connectivity index (χ1v) is 31.6. The van der Waals surface area contributed by atoms with E-state index in [1.165, 1.54) is 154 Å². The highest BCUT2D eigenvalue weighted by Crippen LogP contribution is 2.43. The number of carbonyl (C=O) groups excluding carboxylic acids is 2. The Morgan fingerprint density at radius 1 is 0.486 bits per heavy atom. The van der Waals surface area contributed by atoms with Crippen LogP contribution in [0.4, 0.5) is 0 Å². The number of carbonyl (C=O) groups is 2. The number of phosphoric acid groups is 1. The van der Waals surface area contributed by atoms with Gasteiger partial charge in [0.25, 0.3) is 0 Å². The molecule has 0 spiro atoms. The Balaban J connectivity index is 5.32. The van der Waals surface area contributed by atoms with Crippen LogP contribution >= 0.6 is 7.82 Å². The second-order valence-electron chi connectivity index (χ2n) is 21.5. The van der Waals surface area contributed by atoms with Crippen molar-refractivity contribution >= 4 is 19.7 Å². The first-order valence-electron chi connectivity index (χ1n) is 30.1. The smallest absolute Gasteiger partial charge is 0.456 e. The van der Waals surface area contributed by atoms with Gasteiger partial charge >= 0.3 is 13.8 Å². The maximum Gasteiger partial charge on any atom is 0.472 e. The third kappa shape index (κ3) is 52.6. The van der Waals surface area contributed by atoms with Gasteiger partial charge in [-0.2, -0.15) is 0 Å². The van der Waals surface area contributed by atoms with Crippen molar-refractivity contribution in [1.82, 2.24) is 5.32 Å². The third-order valence-corrected chi connectivity index (χ3v) is 14.2. The van der Waals surface area contributed by atoms with Crippen LogP contribution in [0.2, 0.25) is 0 Å². The van der Waals surface area contributed by atoms with Crippen LogP contribution in [0.3, 0.4) is 0 Å². The molecule has 0 aliphatic carbocycles. The summed E-state index contributed by atoms with van der Waals surface area (Å²) in [4.78, 5) is 37.6. The maximum atomic E-state index is 13.5. The Morgan fingerprint density at radius 3 is 1.31 bits per heavy atom. The number of phosphoric ester groups is 1. The van der Waals surface area contributed by atoms with Crippen molar-refractivity contribution in [3.63, 3.8) is 0 Å².